The topological polar surface area (TPSA) is 44.8 Å². The monoisotopic (exact) mass is 403 g/mol. The van der Waals surface area contributed by atoms with Crippen LogP contribution in [0, 0.1) is 5.82 Å². The highest BCUT2D eigenvalue weighted by Crippen LogP contribution is 2.37. The molecule has 6 heteroatoms. The predicted molar refractivity (Wildman–Crippen MR) is 115 cm³/mol. The highest BCUT2D eigenvalue weighted by molar-refractivity contribution is 6.12. The fourth-order valence-corrected chi connectivity index (χ4v) is 4.04. The average molecular weight is 403 g/mol. The Bertz CT molecular complexity index is 1050. The first kappa shape index (κ1) is 18.6. The van der Waals surface area contributed by atoms with E-state index < -0.39 is 6.17 Å². The molecule has 1 amide bonds. The summed E-state index contributed by atoms with van der Waals surface area (Å²) in [6.07, 6.45) is -0.428. The van der Waals surface area contributed by atoms with Crippen LogP contribution < -0.4 is 15.1 Å². The smallest absolute Gasteiger partial charge is 0.262 e. The zero-order chi connectivity index (χ0) is 20.5. The highest BCUT2D eigenvalue weighted by atomic mass is 19.1. The van der Waals surface area contributed by atoms with Gasteiger partial charge in [-0.1, -0.05) is 24.3 Å². The molecule has 0 radical (unpaired) electrons. The fraction of sp³-hybridized carbons (Fsp3) is 0.208. The third-order valence-corrected chi connectivity index (χ3v) is 5.62. The van der Waals surface area contributed by atoms with Crippen molar-refractivity contribution < 1.29 is 13.9 Å². The summed E-state index contributed by atoms with van der Waals surface area (Å²) < 4.78 is 18.9. The maximum atomic E-state index is 13.5. The minimum absolute atomic E-state index is 0.0854. The lowest BCUT2D eigenvalue weighted by molar-refractivity contribution is 0.0975. The van der Waals surface area contributed by atoms with Crippen LogP contribution in [-0.4, -0.2) is 32.2 Å². The van der Waals surface area contributed by atoms with Crippen LogP contribution in [0.1, 0.15) is 22.1 Å². The number of nitrogens with zero attached hydrogens (tertiary/aromatic N) is 2. The van der Waals surface area contributed by atoms with Crippen molar-refractivity contribution in [3.8, 4) is 0 Å². The Morgan fingerprint density at radius 3 is 2.27 bits per heavy atom. The van der Waals surface area contributed by atoms with Crippen molar-refractivity contribution in [2.45, 2.75) is 6.17 Å². The number of para-hydroxylation sites is 1. The predicted octanol–water partition coefficient (Wildman–Crippen LogP) is 4.43. The summed E-state index contributed by atoms with van der Waals surface area (Å²) in [5.41, 5.74) is 4.11. The number of benzene rings is 3. The first-order chi connectivity index (χ1) is 14.7. The van der Waals surface area contributed by atoms with Crippen LogP contribution in [0.4, 0.5) is 21.5 Å². The summed E-state index contributed by atoms with van der Waals surface area (Å²) in [5.74, 6) is -0.388. The molecule has 0 bridgehead atoms. The van der Waals surface area contributed by atoms with Crippen LogP contribution in [0.3, 0.4) is 0 Å². The molecule has 2 heterocycles. The number of rotatable bonds is 3. The van der Waals surface area contributed by atoms with Crippen LogP contribution in [0.25, 0.3) is 0 Å². The molecule has 1 atom stereocenters. The Morgan fingerprint density at radius 1 is 0.867 bits per heavy atom. The molecule has 0 unspecified atom stereocenters. The maximum Gasteiger partial charge on any atom is 0.262 e. The van der Waals surface area contributed by atoms with Gasteiger partial charge in [-0.05, 0) is 54.1 Å². The van der Waals surface area contributed by atoms with Gasteiger partial charge >= 0.3 is 0 Å². The van der Waals surface area contributed by atoms with Gasteiger partial charge in [0.25, 0.3) is 5.91 Å². The van der Waals surface area contributed by atoms with Gasteiger partial charge in [-0.25, -0.2) is 4.39 Å². The van der Waals surface area contributed by atoms with E-state index in [0.29, 0.717) is 5.56 Å². The molecule has 5 nitrogen and oxygen atoms in total. The number of nitrogens with one attached hydrogen (secondary N) is 1. The van der Waals surface area contributed by atoms with Crippen LogP contribution in [0.5, 0.6) is 0 Å². The molecule has 1 saturated heterocycles. The average Bonchev–Trinajstić information content (AvgIpc) is 2.80. The number of ether oxygens (including phenoxy) is 1. The van der Waals surface area contributed by atoms with Crippen LogP contribution in [0.2, 0.25) is 0 Å². The largest absolute Gasteiger partial charge is 0.378 e. The maximum absolute atomic E-state index is 13.5. The highest BCUT2D eigenvalue weighted by Gasteiger charge is 2.34. The zero-order valence-electron chi connectivity index (χ0n) is 16.4. The normalized spacial score (nSPS) is 18.7. The molecule has 3 aromatic rings. The third-order valence-electron chi connectivity index (χ3n) is 5.62. The second kappa shape index (κ2) is 7.80. The third kappa shape index (κ3) is 3.39. The molecule has 0 spiro atoms. The summed E-state index contributed by atoms with van der Waals surface area (Å²) in [5, 5.41) is 3.45. The number of halogens is 1. The summed E-state index contributed by atoms with van der Waals surface area (Å²) in [4.78, 5) is 17.4. The van der Waals surface area contributed by atoms with Gasteiger partial charge < -0.3 is 15.0 Å². The molecule has 0 aromatic heterocycles. The van der Waals surface area contributed by atoms with E-state index in [2.05, 4.69) is 10.2 Å². The van der Waals surface area contributed by atoms with E-state index in [4.69, 9.17) is 4.74 Å². The number of hydrogen-bond acceptors (Lipinski definition) is 4. The van der Waals surface area contributed by atoms with Crippen molar-refractivity contribution in [3.63, 3.8) is 0 Å². The molecule has 1 fully saturated rings. The lowest BCUT2D eigenvalue weighted by atomic mass is 10.0. The Hall–Kier alpha value is -3.38. The second-order valence-corrected chi connectivity index (χ2v) is 7.43. The van der Waals surface area contributed by atoms with Gasteiger partial charge in [-0.15, -0.1) is 0 Å². The Kier molecular flexibility index (Phi) is 4.85. The van der Waals surface area contributed by atoms with E-state index in [0.717, 1.165) is 48.9 Å². The number of morpholine rings is 1. The Labute approximate surface area is 174 Å². The van der Waals surface area contributed by atoms with Crippen molar-refractivity contribution in [2.24, 2.45) is 0 Å². The zero-order valence-corrected chi connectivity index (χ0v) is 16.4. The Balaban J connectivity index is 1.52. The van der Waals surface area contributed by atoms with Crippen molar-refractivity contribution in [1.82, 2.24) is 0 Å². The van der Waals surface area contributed by atoms with Gasteiger partial charge in [0.05, 0.1) is 18.8 Å². The van der Waals surface area contributed by atoms with E-state index in [9.17, 15) is 9.18 Å². The van der Waals surface area contributed by atoms with Gasteiger partial charge in [0, 0.05) is 30.2 Å². The van der Waals surface area contributed by atoms with Gasteiger partial charge in [0.2, 0.25) is 0 Å². The molecule has 0 saturated carbocycles. The van der Waals surface area contributed by atoms with Crippen molar-refractivity contribution in [3.05, 3.63) is 89.7 Å². The first-order valence-electron chi connectivity index (χ1n) is 10.1. The molecule has 152 valence electrons. The second-order valence-electron chi connectivity index (χ2n) is 7.43. The number of anilines is 3. The number of hydrogen-bond donors (Lipinski definition) is 1. The lowest BCUT2D eigenvalue weighted by Crippen LogP contribution is -2.43. The fourth-order valence-electron chi connectivity index (χ4n) is 4.04. The van der Waals surface area contributed by atoms with E-state index in [-0.39, 0.29) is 11.7 Å². The molecule has 3 aromatic carbocycles. The molecule has 2 aliphatic rings. The lowest BCUT2D eigenvalue weighted by Gasteiger charge is -2.38. The Morgan fingerprint density at radius 2 is 1.53 bits per heavy atom. The minimum atomic E-state index is -0.428. The van der Waals surface area contributed by atoms with E-state index in [1.165, 1.54) is 12.1 Å². The van der Waals surface area contributed by atoms with Gasteiger partial charge in [-0.3, -0.25) is 9.69 Å². The standard InChI is InChI=1S/C24H22FN3O2/c25-18-7-5-17(6-8-18)23-26-22-4-2-1-3-21(22)24(29)28(23)20-11-9-19(10-12-20)27-13-15-30-16-14-27/h1-12,23,26H,13-16H2/t23-/m0/s1. The first-order valence-corrected chi connectivity index (χ1v) is 10.1. The SMILES string of the molecule is O=C1c2ccccc2N[C@H](c2ccc(F)cc2)N1c1ccc(N2CCOCC2)cc1. The van der Waals surface area contributed by atoms with Crippen molar-refractivity contribution in [1.29, 1.82) is 0 Å². The summed E-state index contributed by atoms with van der Waals surface area (Å²) in [6.45, 7) is 3.16. The van der Waals surface area contributed by atoms with Gasteiger partial charge in [0.15, 0.2) is 0 Å². The van der Waals surface area contributed by atoms with E-state index in [1.807, 2.05) is 48.5 Å². The number of carbonyl (C=O) groups is 1. The molecule has 1 N–H and O–H groups in total. The van der Waals surface area contributed by atoms with E-state index in [1.54, 1.807) is 17.0 Å². The molecule has 2 aliphatic heterocycles. The van der Waals surface area contributed by atoms with Gasteiger partial charge in [0.1, 0.15) is 12.0 Å². The van der Waals surface area contributed by atoms with Crippen molar-refractivity contribution in [2.75, 3.05) is 41.4 Å². The van der Waals surface area contributed by atoms with Crippen LogP contribution in [0.15, 0.2) is 72.8 Å². The summed E-state index contributed by atoms with van der Waals surface area (Å²) >= 11 is 0. The summed E-state index contributed by atoms with van der Waals surface area (Å²) in [7, 11) is 0. The molecule has 30 heavy (non-hydrogen) atoms. The molecule has 0 aliphatic carbocycles. The van der Waals surface area contributed by atoms with Crippen molar-refractivity contribution >= 4 is 23.0 Å². The summed E-state index contributed by atoms with van der Waals surface area (Å²) in [6, 6.07) is 21.7. The quantitative estimate of drug-likeness (QED) is 0.703. The van der Waals surface area contributed by atoms with Gasteiger partial charge in [-0.2, -0.15) is 0 Å². The minimum Gasteiger partial charge on any atom is -0.378 e. The molecular formula is C24H22FN3O2. The van der Waals surface area contributed by atoms with E-state index >= 15 is 0 Å². The number of carbonyl (C=O) groups excluding carboxylic acids is 1. The molecular weight excluding hydrogens is 381 g/mol. The number of amides is 1. The molecule has 5 rings (SSSR count). The van der Waals surface area contributed by atoms with Crippen LogP contribution in [-0.2, 0) is 4.74 Å². The number of fused-ring (bicyclic) bond motifs is 1. The van der Waals surface area contributed by atoms with Crippen LogP contribution >= 0.6 is 0 Å².